The number of aromatic nitrogens is 9. The summed E-state index contributed by atoms with van der Waals surface area (Å²) in [5.41, 5.74) is 0. The molecule has 0 saturated carbocycles. The molecule has 0 unspecified atom stereocenters. The number of aromatic amines is 1. The molecule has 3 aromatic rings. The fourth-order valence-corrected chi connectivity index (χ4v) is 3.15. The number of alkyl halides is 1. The molecule has 0 spiro atoms. The summed E-state index contributed by atoms with van der Waals surface area (Å²) >= 11 is 2.86. The van der Waals surface area contributed by atoms with E-state index in [2.05, 4.69) is 61.3 Å². The van der Waals surface area contributed by atoms with Crippen molar-refractivity contribution in [2.24, 2.45) is 0 Å². The second-order valence-corrected chi connectivity index (χ2v) is 8.98. The van der Waals surface area contributed by atoms with Gasteiger partial charge in [-0.25, -0.2) is 23.9 Å². The maximum absolute atomic E-state index is 11.5. The monoisotopic (exact) mass is 761 g/mol. The summed E-state index contributed by atoms with van der Waals surface area (Å²) in [6.07, 6.45) is 8.67. The zero-order chi connectivity index (χ0) is 37.0. The largest absolute Gasteiger partial charge is 0.465 e. The van der Waals surface area contributed by atoms with Crippen LogP contribution in [0.5, 0.6) is 0 Å². The molecule has 272 valence electrons. The molecule has 3 rings (SSSR count). The molecule has 0 fully saturated rings. The van der Waals surface area contributed by atoms with Gasteiger partial charge in [-0.15, -0.1) is 5.10 Å². The highest BCUT2D eigenvalue weighted by Crippen LogP contribution is 2.10. The molecule has 0 saturated heterocycles. The van der Waals surface area contributed by atoms with Crippen LogP contribution in [0.25, 0.3) is 0 Å². The van der Waals surface area contributed by atoms with E-state index in [9.17, 15) is 28.8 Å². The first-order valence-electron chi connectivity index (χ1n) is 14.7. The van der Waals surface area contributed by atoms with Gasteiger partial charge < -0.3 is 28.4 Å². The normalized spacial score (nSPS) is 9.84. The van der Waals surface area contributed by atoms with Gasteiger partial charge in [0, 0.05) is 6.20 Å². The molecule has 0 radical (unpaired) electrons. The third-order valence-electron chi connectivity index (χ3n) is 4.73. The van der Waals surface area contributed by atoms with E-state index in [0.29, 0.717) is 0 Å². The summed E-state index contributed by atoms with van der Waals surface area (Å²) in [6.45, 7) is 11.2. The van der Waals surface area contributed by atoms with Crippen molar-refractivity contribution in [3.05, 3.63) is 37.2 Å². The average Bonchev–Trinajstić information content (AvgIpc) is 3.89. The molecular weight excluding hydrogens is 722 g/mol. The number of hydrogen-bond donors (Lipinski definition) is 1. The summed E-state index contributed by atoms with van der Waals surface area (Å²) in [4.78, 5) is 67.9. The minimum absolute atomic E-state index is 0.177. The van der Waals surface area contributed by atoms with Crippen molar-refractivity contribution in [1.82, 2.24) is 45.4 Å². The lowest BCUT2D eigenvalue weighted by atomic mass is 10.3. The Morgan fingerprint density at radius 3 is 1.24 bits per heavy atom. The van der Waals surface area contributed by atoms with Gasteiger partial charge in [-0.1, -0.05) is 21.1 Å². The summed E-state index contributed by atoms with van der Waals surface area (Å²) in [6, 6.07) is -2.49. The molecule has 49 heavy (non-hydrogen) atoms. The zero-order valence-corrected chi connectivity index (χ0v) is 29.4. The van der Waals surface area contributed by atoms with E-state index in [1.165, 1.54) is 24.8 Å². The van der Waals surface area contributed by atoms with Crippen molar-refractivity contribution in [2.75, 3.05) is 39.6 Å². The minimum atomic E-state index is -1.27. The van der Waals surface area contributed by atoms with Crippen LogP contribution in [0.3, 0.4) is 0 Å². The number of ether oxygens (including phenoxy) is 6. The summed E-state index contributed by atoms with van der Waals surface area (Å²) in [5, 5.41) is 23.9. The average molecular weight is 763 g/mol. The van der Waals surface area contributed by atoms with Crippen LogP contribution in [0, 0.1) is 0 Å². The number of esters is 6. The maximum atomic E-state index is 11.5. The zero-order valence-electron chi connectivity index (χ0n) is 27.8. The van der Waals surface area contributed by atoms with Crippen molar-refractivity contribution in [3.8, 4) is 0 Å². The molecule has 22 heteroatoms. The van der Waals surface area contributed by atoms with E-state index in [4.69, 9.17) is 18.9 Å². The molecule has 3 heterocycles. The first-order valence-corrected chi connectivity index (χ1v) is 15.6. The van der Waals surface area contributed by atoms with Crippen molar-refractivity contribution in [1.29, 1.82) is 0 Å². The second-order valence-electron chi connectivity index (χ2n) is 8.07. The number of nitrogens with zero attached hydrogens (tertiary/aromatic N) is 8. The Labute approximate surface area is 289 Å². The molecule has 0 amide bonds. The molecule has 0 aliphatic rings. The lowest BCUT2D eigenvalue weighted by Gasteiger charge is -2.13. The first-order chi connectivity index (χ1) is 23.5. The van der Waals surface area contributed by atoms with Gasteiger partial charge in [0.2, 0.25) is 10.9 Å². The quantitative estimate of drug-likeness (QED) is 0.102. The van der Waals surface area contributed by atoms with Crippen molar-refractivity contribution >= 4 is 51.7 Å². The number of carbonyl (C=O) groups excluding carboxylic acids is 6. The third-order valence-corrected chi connectivity index (χ3v) is 5.48. The van der Waals surface area contributed by atoms with Crippen LogP contribution < -0.4 is 0 Å². The van der Waals surface area contributed by atoms with Crippen molar-refractivity contribution in [3.63, 3.8) is 0 Å². The Morgan fingerprint density at radius 1 is 0.571 bits per heavy atom. The van der Waals surface area contributed by atoms with Gasteiger partial charge in [0.1, 0.15) is 0 Å². The minimum Gasteiger partial charge on any atom is -0.465 e. The lowest BCUT2D eigenvalue weighted by molar-refractivity contribution is -0.162. The van der Waals surface area contributed by atoms with Gasteiger partial charge in [-0.3, -0.25) is 9.59 Å². The van der Waals surface area contributed by atoms with E-state index >= 15 is 0 Å². The van der Waals surface area contributed by atoms with E-state index < -0.39 is 52.7 Å². The molecular formula is C27H40BrN9O12. The van der Waals surface area contributed by atoms with Gasteiger partial charge in [0.25, 0.3) is 6.04 Å². The van der Waals surface area contributed by atoms with Crippen LogP contribution in [0.1, 0.15) is 53.6 Å². The standard InChI is InChI=1S/2C9H13N3O4.C7H11BrO4.C2H3N3/c1-3-15-8(13)7(9(14)16-4-2)12-6-5-10-11-12;1-3-15-8(13)7(9(14)16-4-2)12-10-5-6-11-12;1-3-11-6(9)5(8)7(10)12-4-2;1-2-4-5-3-1/h2*5-7H,3-4H2,1-2H3;5H,3-4H2,1-2H3;1-2H,(H,3,4,5). The molecule has 0 aliphatic heterocycles. The Morgan fingerprint density at radius 2 is 0.939 bits per heavy atom. The lowest BCUT2D eigenvalue weighted by Crippen LogP contribution is -2.32. The molecule has 0 aliphatic carbocycles. The SMILES string of the molecule is CCOC(=O)C(Br)C(=O)OCC.CCOC(=O)C(C(=O)OCC)n1ccnn1.CCOC(=O)C(C(=O)OCC)n1nccn1.c1cn[nH]n1. The Bertz CT molecular complexity index is 1200. The Hall–Kier alpha value is -5.28. The highest BCUT2D eigenvalue weighted by molar-refractivity contribution is 9.10. The molecule has 0 bridgehead atoms. The number of carbonyl (C=O) groups is 6. The predicted octanol–water partition coefficient (Wildman–Crippen LogP) is 0.572. The number of H-pyrrole nitrogens is 1. The molecule has 21 nitrogen and oxygen atoms in total. The number of hydrogen-bond acceptors (Lipinski definition) is 18. The number of halogens is 1. The Balaban J connectivity index is 0.000000663. The fourth-order valence-electron chi connectivity index (χ4n) is 2.89. The van der Waals surface area contributed by atoms with Crippen LogP contribution in [-0.4, -0.2) is 126 Å². The van der Waals surface area contributed by atoms with Crippen molar-refractivity contribution in [2.45, 2.75) is 58.5 Å². The topological polar surface area (TPSA) is 261 Å². The van der Waals surface area contributed by atoms with Crippen LogP contribution in [0.15, 0.2) is 37.2 Å². The first kappa shape index (κ1) is 43.7. The van der Waals surface area contributed by atoms with Gasteiger partial charge in [0.15, 0.2) is 0 Å². The smallest absolute Gasteiger partial charge is 0.344 e. The van der Waals surface area contributed by atoms with Crippen LogP contribution in [0.2, 0.25) is 0 Å². The molecule has 1 N–H and O–H groups in total. The van der Waals surface area contributed by atoms with Gasteiger partial charge in [-0.2, -0.15) is 30.4 Å². The number of rotatable bonds is 14. The molecule has 0 atom stereocenters. The van der Waals surface area contributed by atoms with E-state index in [0.717, 1.165) is 9.48 Å². The van der Waals surface area contributed by atoms with Crippen LogP contribution >= 0.6 is 15.9 Å². The van der Waals surface area contributed by atoms with Gasteiger partial charge in [-0.05, 0) is 41.5 Å². The highest BCUT2D eigenvalue weighted by atomic mass is 79.9. The third kappa shape index (κ3) is 17.4. The molecule has 0 aromatic carbocycles. The fraction of sp³-hybridized carbons (Fsp3) is 0.556. The summed E-state index contributed by atoms with van der Waals surface area (Å²) in [5.74, 6) is -4.08. The summed E-state index contributed by atoms with van der Waals surface area (Å²) < 4.78 is 29.3. The van der Waals surface area contributed by atoms with E-state index in [1.807, 2.05) is 0 Å². The maximum Gasteiger partial charge on any atom is 0.344 e. The van der Waals surface area contributed by atoms with Crippen LogP contribution in [0.4, 0.5) is 0 Å². The summed E-state index contributed by atoms with van der Waals surface area (Å²) in [7, 11) is 0. The van der Waals surface area contributed by atoms with E-state index in [-0.39, 0.29) is 39.6 Å². The van der Waals surface area contributed by atoms with Crippen LogP contribution in [-0.2, 0) is 57.2 Å². The van der Waals surface area contributed by atoms with E-state index in [1.54, 1.807) is 53.9 Å². The van der Waals surface area contributed by atoms with Gasteiger partial charge >= 0.3 is 35.8 Å². The Kier molecular flexibility index (Phi) is 23.9. The second kappa shape index (κ2) is 26.8. The predicted molar refractivity (Wildman–Crippen MR) is 167 cm³/mol. The van der Waals surface area contributed by atoms with Gasteiger partial charge in [0.05, 0.1) is 70.6 Å². The molecule has 3 aromatic heterocycles. The number of nitrogens with one attached hydrogen (secondary N) is 1. The highest BCUT2D eigenvalue weighted by Gasteiger charge is 2.33. The van der Waals surface area contributed by atoms with Crippen molar-refractivity contribution < 1.29 is 57.2 Å².